The molecule has 0 bridgehead atoms. The Labute approximate surface area is 145 Å². The van der Waals surface area contributed by atoms with E-state index in [1.807, 2.05) is 48.5 Å². The van der Waals surface area contributed by atoms with E-state index in [1.54, 1.807) is 19.1 Å². The molecule has 2 rings (SSSR count). The van der Waals surface area contributed by atoms with Gasteiger partial charge in [-0.3, -0.25) is 0 Å². The number of hydrogen-bond donors (Lipinski definition) is 1. The predicted molar refractivity (Wildman–Crippen MR) is 95.0 cm³/mol. The van der Waals surface area contributed by atoms with E-state index in [-0.39, 0.29) is 6.03 Å². The molecule has 122 valence electrons. The molecule has 0 aliphatic heterocycles. The van der Waals surface area contributed by atoms with Crippen molar-refractivity contribution in [3.05, 3.63) is 69.7 Å². The van der Waals surface area contributed by atoms with Gasteiger partial charge in [0.15, 0.2) is 0 Å². The Bertz CT molecular complexity index is 644. The Morgan fingerprint density at radius 2 is 1.78 bits per heavy atom. The maximum Gasteiger partial charge on any atom is 0.317 e. The normalized spacial score (nSPS) is 10.4. The van der Waals surface area contributed by atoms with Gasteiger partial charge in [0.2, 0.25) is 0 Å². The van der Waals surface area contributed by atoms with Crippen LogP contribution < -0.4 is 5.32 Å². The second-order valence-electron chi connectivity index (χ2n) is 5.34. The molecule has 0 aliphatic rings. The average Bonchev–Trinajstić information content (AvgIpc) is 2.56. The number of rotatable bonds is 6. The summed E-state index contributed by atoms with van der Waals surface area (Å²) in [7, 11) is 3.46. The summed E-state index contributed by atoms with van der Waals surface area (Å²) in [5.74, 6) is 0. The molecular weight excluding hydrogens is 356 g/mol. The molecule has 23 heavy (non-hydrogen) atoms. The highest BCUT2D eigenvalue weighted by molar-refractivity contribution is 9.10. The summed E-state index contributed by atoms with van der Waals surface area (Å²) in [6.45, 7) is 1.60. The van der Waals surface area contributed by atoms with Crippen molar-refractivity contribution in [2.24, 2.45) is 0 Å². The standard InChI is InChI=1S/C18H21BrN2O2/c1-21(12-14-7-9-17(19)10-8-14)18(22)20-11-15-5-3-4-6-16(15)13-23-2/h3-10H,11-13H2,1-2H3,(H,20,22). The molecule has 0 aromatic heterocycles. The minimum atomic E-state index is -0.0971. The van der Waals surface area contributed by atoms with Gasteiger partial charge in [-0.25, -0.2) is 4.79 Å². The molecule has 0 heterocycles. The first-order valence-electron chi connectivity index (χ1n) is 7.39. The lowest BCUT2D eigenvalue weighted by atomic mass is 10.1. The monoisotopic (exact) mass is 376 g/mol. The first-order valence-corrected chi connectivity index (χ1v) is 8.18. The van der Waals surface area contributed by atoms with Gasteiger partial charge in [0.1, 0.15) is 0 Å². The van der Waals surface area contributed by atoms with Crippen LogP contribution in [0.1, 0.15) is 16.7 Å². The van der Waals surface area contributed by atoms with Gasteiger partial charge in [-0.05, 0) is 28.8 Å². The van der Waals surface area contributed by atoms with Crippen LogP contribution in [0.2, 0.25) is 0 Å². The van der Waals surface area contributed by atoms with Gasteiger partial charge in [0.25, 0.3) is 0 Å². The van der Waals surface area contributed by atoms with Crippen molar-refractivity contribution in [2.75, 3.05) is 14.2 Å². The molecule has 0 fully saturated rings. The van der Waals surface area contributed by atoms with Crippen LogP contribution >= 0.6 is 15.9 Å². The molecule has 0 aliphatic carbocycles. The molecule has 0 radical (unpaired) electrons. The van der Waals surface area contributed by atoms with Gasteiger partial charge >= 0.3 is 6.03 Å². The molecule has 4 nitrogen and oxygen atoms in total. The Hall–Kier alpha value is -1.85. The highest BCUT2D eigenvalue weighted by atomic mass is 79.9. The summed E-state index contributed by atoms with van der Waals surface area (Å²) in [6, 6.07) is 15.8. The van der Waals surface area contributed by atoms with Crippen molar-refractivity contribution >= 4 is 22.0 Å². The first-order chi connectivity index (χ1) is 11.1. The third-order valence-corrected chi connectivity index (χ3v) is 4.06. The van der Waals surface area contributed by atoms with E-state index < -0.39 is 0 Å². The van der Waals surface area contributed by atoms with E-state index in [0.717, 1.165) is 21.2 Å². The van der Waals surface area contributed by atoms with Crippen molar-refractivity contribution in [3.63, 3.8) is 0 Å². The van der Waals surface area contributed by atoms with E-state index in [9.17, 15) is 4.79 Å². The topological polar surface area (TPSA) is 41.6 Å². The molecule has 2 aromatic rings. The van der Waals surface area contributed by atoms with Crippen LogP contribution in [-0.4, -0.2) is 25.1 Å². The molecule has 0 spiro atoms. The lowest BCUT2D eigenvalue weighted by molar-refractivity contribution is 0.183. The first kappa shape index (κ1) is 17.5. The summed E-state index contributed by atoms with van der Waals surface area (Å²) < 4.78 is 6.22. The van der Waals surface area contributed by atoms with Crippen molar-refractivity contribution < 1.29 is 9.53 Å². The highest BCUT2D eigenvalue weighted by Crippen LogP contribution is 2.12. The number of benzene rings is 2. The fraction of sp³-hybridized carbons (Fsp3) is 0.278. The van der Waals surface area contributed by atoms with Gasteiger partial charge in [0.05, 0.1) is 6.61 Å². The Kier molecular flexibility index (Phi) is 6.62. The third-order valence-electron chi connectivity index (χ3n) is 3.53. The third kappa shape index (κ3) is 5.37. The second kappa shape index (κ2) is 8.70. The number of halogens is 1. The van der Waals surface area contributed by atoms with Gasteiger partial charge in [-0.2, -0.15) is 0 Å². The van der Waals surface area contributed by atoms with Crippen LogP contribution in [0.5, 0.6) is 0 Å². The average molecular weight is 377 g/mol. The van der Waals surface area contributed by atoms with Gasteiger partial charge in [0, 0.05) is 31.7 Å². The molecule has 0 saturated heterocycles. The van der Waals surface area contributed by atoms with Gasteiger partial charge in [-0.1, -0.05) is 52.3 Å². The molecule has 5 heteroatoms. The number of urea groups is 1. The molecular formula is C18H21BrN2O2. The number of amides is 2. The maximum absolute atomic E-state index is 12.2. The number of nitrogens with one attached hydrogen (secondary N) is 1. The Morgan fingerprint density at radius 3 is 2.43 bits per heavy atom. The minimum absolute atomic E-state index is 0.0971. The number of hydrogen-bond acceptors (Lipinski definition) is 2. The van der Waals surface area contributed by atoms with Crippen LogP contribution in [0.25, 0.3) is 0 Å². The number of nitrogens with zero attached hydrogens (tertiary/aromatic N) is 1. The summed E-state index contributed by atoms with van der Waals surface area (Å²) >= 11 is 3.41. The summed E-state index contributed by atoms with van der Waals surface area (Å²) in [5.41, 5.74) is 3.25. The molecule has 2 aromatic carbocycles. The predicted octanol–water partition coefficient (Wildman–Crippen LogP) is 3.94. The lowest BCUT2D eigenvalue weighted by Gasteiger charge is -2.19. The van der Waals surface area contributed by atoms with E-state index in [0.29, 0.717) is 19.7 Å². The van der Waals surface area contributed by atoms with Crippen LogP contribution in [0.3, 0.4) is 0 Å². The Balaban J connectivity index is 1.90. The Morgan fingerprint density at radius 1 is 1.13 bits per heavy atom. The van der Waals surface area contributed by atoms with E-state index in [4.69, 9.17) is 4.74 Å². The van der Waals surface area contributed by atoms with Gasteiger partial charge in [-0.15, -0.1) is 0 Å². The number of carbonyl (C=O) groups is 1. The molecule has 0 unspecified atom stereocenters. The van der Waals surface area contributed by atoms with E-state index in [2.05, 4.69) is 21.2 Å². The lowest BCUT2D eigenvalue weighted by Crippen LogP contribution is -2.36. The smallest absolute Gasteiger partial charge is 0.317 e. The quantitative estimate of drug-likeness (QED) is 0.829. The van der Waals surface area contributed by atoms with Crippen LogP contribution in [0.15, 0.2) is 53.0 Å². The van der Waals surface area contributed by atoms with Crippen molar-refractivity contribution in [1.82, 2.24) is 10.2 Å². The fourth-order valence-electron chi connectivity index (χ4n) is 2.27. The van der Waals surface area contributed by atoms with Crippen LogP contribution in [0, 0.1) is 0 Å². The SMILES string of the molecule is COCc1ccccc1CNC(=O)N(C)Cc1ccc(Br)cc1. The number of methoxy groups -OCH3 is 1. The van der Waals surface area contributed by atoms with Crippen molar-refractivity contribution in [3.8, 4) is 0 Å². The van der Waals surface area contributed by atoms with Crippen LogP contribution in [-0.2, 0) is 24.4 Å². The largest absolute Gasteiger partial charge is 0.380 e. The molecule has 0 saturated carbocycles. The zero-order chi connectivity index (χ0) is 16.7. The molecule has 1 N–H and O–H groups in total. The zero-order valence-electron chi connectivity index (χ0n) is 13.4. The minimum Gasteiger partial charge on any atom is -0.380 e. The molecule has 2 amide bonds. The maximum atomic E-state index is 12.2. The fourth-order valence-corrected chi connectivity index (χ4v) is 2.53. The summed E-state index contributed by atoms with van der Waals surface area (Å²) in [5, 5.41) is 2.95. The number of carbonyl (C=O) groups excluding carboxylic acids is 1. The highest BCUT2D eigenvalue weighted by Gasteiger charge is 2.10. The van der Waals surface area contributed by atoms with Gasteiger partial charge < -0.3 is 15.0 Å². The zero-order valence-corrected chi connectivity index (χ0v) is 15.0. The second-order valence-corrected chi connectivity index (χ2v) is 6.26. The summed E-state index contributed by atoms with van der Waals surface area (Å²) in [4.78, 5) is 13.9. The van der Waals surface area contributed by atoms with Crippen molar-refractivity contribution in [2.45, 2.75) is 19.7 Å². The summed E-state index contributed by atoms with van der Waals surface area (Å²) in [6.07, 6.45) is 0. The molecule has 0 atom stereocenters. The van der Waals surface area contributed by atoms with Crippen LogP contribution in [0.4, 0.5) is 4.79 Å². The number of ether oxygens (including phenoxy) is 1. The van der Waals surface area contributed by atoms with Crippen molar-refractivity contribution in [1.29, 1.82) is 0 Å². The van der Waals surface area contributed by atoms with E-state index >= 15 is 0 Å². The van der Waals surface area contributed by atoms with E-state index in [1.165, 1.54) is 0 Å².